The van der Waals surface area contributed by atoms with Crippen LogP contribution in [0.2, 0.25) is 0 Å². The summed E-state index contributed by atoms with van der Waals surface area (Å²) in [7, 11) is 0. The number of thioether (sulfide) groups is 1. The van der Waals surface area contributed by atoms with Crippen LogP contribution in [0.1, 0.15) is 32.3 Å². The molecule has 0 aliphatic heterocycles. The van der Waals surface area contributed by atoms with Gasteiger partial charge < -0.3 is 5.32 Å². The highest BCUT2D eigenvalue weighted by Crippen LogP contribution is 2.30. The topological polar surface area (TPSA) is 76.9 Å². The van der Waals surface area contributed by atoms with Gasteiger partial charge >= 0.3 is 0 Å². The van der Waals surface area contributed by atoms with Crippen molar-refractivity contribution < 1.29 is 4.79 Å². The van der Waals surface area contributed by atoms with Gasteiger partial charge in [0.25, 0.3) is 5.56 Å². The summed E-state index contributed by atoms with van der Waals surface area (Å²) in [5, 5.41) is 4.47. The molecule has 172 valence electrons. The molecule has 0 aliphatic rings. The number of hydrogen-bond acceptors (Lipinski definition) is 6. The number of nitrogens with zero attached hydrogens (tertiary/aromatic N) is 3. The first kappa shape index (κ1) is 23.4. The smallest absolute Gasteiger partial charge is 0.272 e. The standard InChI is InChI=1S/C25H28N4O2S2/c1-17(2)12-15-29-24(31)22-21(19-11-7-14-27-23(19)33-22)28-25(29)32-16-20(30)26-13-6-10-18-8-4-3-5-9-18/h3-5,7-9,11,14,17H,6,10,12-13,15-16H2,1-2H3,(H,26,30). The Hall–Kier alpha value is -2.71. The molecule has 8 heteroatoms. The molecule has 0 unspecified atom stereocenters. The summed E-state index contributed by atoms with van der Waals surface area (Å²) >= 11 is 2.71. The number of carbonyl (C=O) groups excluding carboxylic acids is 1. The first-order valence-corrected chi connectivity index (χ1v) is 13.0. The van der Waals surface area contributed by atoms with Crippen LogP contribution in [0, 0.1) is 5.92 Å². The lowest BCUT2D eigenvalue weighted by Crippen LogP contribution is -2.28. The molecule has 0 bridgehead atoms. The molecular weight excluding hydrogens is 452 g/mol. The molecule has 0 saturated carbocycles. The summed E-state index contributed by atoms with van der Waals surface area (Å²) < 4.78 is 2.35. The fourth-order valence-corrected chi connectivity index (χ4v) is 5.46. The molecule has 0 spiro atoms. The Morgan fingerprint density at radius 3 is 2.79 bits per heavy atom. The summed E-state index contributed by atoms with van der Waals surface area (Å²) in [4.78, 5) is 35.8. The molecule has 3 heterocycles. The average Bonchev–Trinajstić information content (AvgIpc) is 3.19. The van der Waals surface area contributed by atoms with Crippen LogP contribution < -0.4 is 10.9 Å². The molecule has 3 aromatic heterocycles. The molecule has 4 aromatic rings. The molecule has 4 rings (SSSR count). The van der Waals surface area contributed by atoms with Crippen LogP contribution >= 0.6 is 23.1 Å². The number of fused-ring (bicyclic) bond motifs is 3. The normalized spacial score (nSPS) is 11.5. The van der Waals surface area contributed by atoms with Crippen molar-refractivity contribution in [3.05, 3.63) is 64.6 Å². The van der Waals surface area contributed by atoms with Gasteiger partial charge in [0.2, 0.25) is 5.91 Å². The predicted molar refractivity (Wildman–Crippen MR) is 137 cm³/mol. The average molecular weight is 481 g/mol. The van der Waals surface area contributed by atoms with E-state index in [1.807, 2.05) is 30.3 Å². The Morgan fingerprint density at radius 1 is 1.18 bits per heavy atom. The number of rotatable bonds is 10. The van der Waals surface area contributed by atoms with Crippen LogP contribution in [0.3, 0.4) is 0 Å². The van der Waals surface area contributed by atoms with Crippen LogP contribution in [-0.4, -0.2) is 32.7 Å². The number of hydrogen-bond donors (Lipinski definition) is 1. The van der Waals surface area contributed by atoms with Crippen LogP contribution in [0.4, 0.5) is 0 Å². The second-order valence-electron chi connectivity index (χ2n) is 8.40. The van der Waals surface area contributed by atoms with E-state index >= 15 is 0 Å². The number of thiophene rings is 1. The predicted octanol–water partition coefficient (Wildman–Crippen LogP) is 4.89. The van der Waals surface area contributed by atoms with Crippen molar-refractivity contribution in [2.75, 3.05) is 12.3 Å². The number of pyridine rings is 1. The monoisotopic (exact) mass is 480 g/mol. The molecule has 6 nitrogen and oxygen atoms in total. The van der Waals surface area contributed by atoms with Gasteiger partial charge in [0.1, 0.15) is 9.53 Å². The Labute approximate surface area is 201 Å². The molecule has 1 aromatic carbocycles. The van der Waals surface area contributed by atoms with Gasteiger partial charge in [-0.15, -0.1) is 11.3 Å². The van der Waals surface area contributed by atoms with Gasteiger partial charge in [-0.25, -0.2) is 9.97 Å². The van der Waals surface area contributed by atoms with Crippen LogP contribution in [-0.2, 0) is 17.8 Å². The molecule has 0 atom stereocenters. The van der Waals surface area contributed by atoms with E-state index in [2.05, 4.69) is 36.3 Å². The van der Waals surface area contributed by atoms with Gasteiger partial charge in [-0.2, -0.15) is 0 Å². The van der Waals surface area contributed by atoms with Crippen LogP contribution in [0.25, 0.3) is 20.4 Å². The van der Waals surface area contributed by atoms with E-state index in [4.69, 9.17) is 4.98 Å². The fraction of sp³-hybridized carbons (Fsp3) is 0.360. The molecule has 0 fully saturated rings. The lowest BCUT2D eigenvalue weighted by molar-refractivity contribution is -0.118. The summed E-state index contributed by atoms with van der Waals surface area (Å²) in [6.07, 6.45) is 4.42. The van der Waals surface area contributed by atoms with Crippen LogP contribution in [0.15, 0.2) is 58.6 Å². The highest BCUT2D eigenvalue weighted by Gasteiger charge is 2.18. The summed E-state index contributed by atoms with van der Waals surface area (Å²) in [6, 6.07) is 14.1. The van der Waals surface area contributed by atoms with E-state index in [9.17, 15) is 9.59 Å². The minimum atomic E-state index is -0.0468. The van der Waals surface area contributed by atoms with Crippen LogP contribution in [0.5, 0.6) is 0 Å². The van der Waals surface area contributed by atoms with E-state index in [1.165, 1.54) is 28.7 Å². The minimum Gasteiger partial charge on any atom is -0.355 e. The number of nitrogens with one attached hydrogen (secondary N) is 1. The second kappa shape index (κ2) is 10.9. The minimum absolute atomic E-state index is 0.0466. The molecule has 1 amide bonds. The third-order valence-electron chi connectivity index (χ3n) is 5.39. The Morgan fingerprint density at radius 2 is 2.00 bits per heavy atom. The van der Waals surface area contributed by atoms with Crippen molar-refractivity contribution in [2.45, 2.75) is 44.8 Å². The fourth-order valence-electron chi connectivity index (χ4n) is 3.58. The van der Waals surface area contributed by atoms with Crippen molar-refractivity contribution in [3.63, 3.8) is 0 Å². The highest BCUT2D eigenvalue weighted by atomic mass is 32.2. The first-order valence-electron chi connectivity index (χ1n) is 11.2. The zero-order valence-electron chi connectivity index (χ0n) is 18.9. The van der Waals surface area contributed by atoms with E-state index in [-0.39, 0.29) is 17.2 Å². The van der Waals surface area contributed by atoms with E-state index in [0.29, 0.717) is 34.4 Å². The Balaban J connectivity index is 1.46. The van der Waals surface area contributed by atoms with Crippen molar-refractivity contribution in [3.8, 4) is 0 Å². The maximum Gasteiger partial charge on any atom is 0.272 e. The summed E-state index contributed by atoms with van der Waals surface area (Å²) in [5.41, 5.74) is 1.90. The van der Waals surface area contributed by atoms with Gasteiger partial charge in [0, 0.05) is 24.7 Å². The Bertz CT molecular complexity index is 1300. The van der Waals surface area contributed by atoms with E-state index < -0.39 is 0 Å². The lowest BCUT2D eigenvalue weighted by Gasteiger charge is -2.13. The van der Waals surface area contributed by atoms with E-state index in [1.54, 1.807) is 10.8 Å². The number of aryl methyl sites for hydroxylation is 1. The summed E-state index contributed by atoms with van der Waals surface area (Å²) in [5.74, 6) is 0.641. The molecule has 0 saturated heterocycles. The number of benzene rings is 1. The quantitative estimate of drug-likeness (QED) is 0.199. The zero-order valence-corrected chi connectivity index (χ0v) is 20.5. The van der Waals surface area contributed by atoms with Crippen molar-refractivity contribution in [1.29, 1.82) is 0 Å². The largest absolute Gasteiger partial charge is 0.355 e. The molecule has 1 N–H and O–H groups in total. The molecule has 0 radical (unpaired) electrons. The third-order valence-corrected chi connectivity index (χ3v) is 7.45. The second-order valence-corrected chi connectivity index (χ2v) is 10.3. The van der Waals surface area contributed by atoms with Crippen molar-refractivity contribution in [1.82, 2.24) is 19.9 Å². The molecule has 0 aliphatic carbocycles. The highest BCUT2D eigenvalue weighted by molar-refractivity contribution is 7.99. The van der Waals surface area contributed by atoms with Gasteiger partial charge in [-0.05, 0) is 42.9 Å². The van der Waals surface area contributed by atoms with Gasteiger partial charge in [-0.1, -0.05) is 55.9 Å². The van der Waals surface area contributed by atoms with E-state index in [0.717, 1.165) is 29.5 Å². The maximum atomic E-state index is 13.3. The van der Waals surface area contributed by atoms with Gasteiger partial charge in [0.15, 0.2) is 5.16 Å². The number of aromatic nitrogens is 3. The first-order chi connectivity index (χ1) is 16.0. The molecular formula is C25H28N4O2S2. The Kier molecular flexibility index (Phi) is 7.77. The summed E-state index contributed by atoms with van der Waals surface area (Å²) in [6.45, 7) is 5.48. The lowest BCUT2D eigenvalue weighted by atomic mass is 10.1. The molecule has 33 heavy (non-hydrogen) atoms. The maximum absolute atomic E-state index is 13.3. The van der Waals surface area contributed by atoms with Gasteiger partial charge in [0.05, 0.1) is 11.3 Å². The van der Waals surface area contributed by atoms with Gasteiger partial charge in [-0.3, -0.25) is 14.2 Å². The third kappa shape index (κ3) is 5.81. The zero-order chi connectivity index (χ0) is 23.2. The number of carbonyl (C=O) groups is 1. The SMILES string of the molecule is CC(C)CCn1c(SCC(=O)NCCCc2ccccc2)nc2c(sc3ncccc32)c1=O. The number of amides is 1. The van der Waals surface area contributed by atoms with Crippen molar-refractivity contribution >= 4 is 49.4 Å². The van der Waals surface area contributed by atoms with Crippen molar-refractivity contribution in [2.24, 2.45) is 5.92 Å².